The van der Waals surface area contributed by atoms with Gasteiger partial charge in [-0.15, -0.1) is 5.10 Å². The van der Waals surface area contributed by atoms with Gasteiger partial charge < -0.3 is 5.32 Å². The SMILES string of the molecule is C[C@@H](Sc1n[nH]c(=O)n1C1CC1)C(=O)Nc1cc(C(F)(F)F)ccc1Cl. The highest BCUT2D eigenvalue weighted by Crippen LogP contribution is 2.37. The van der Waals surface area contributed by atoms with Gasteiger partial charge in [-0.3, -0.25) is 9.36 Å². The Kier molecular flexibility index (Phi) is 5.07. The second-order valence-corrected chi connectivity index (χ2v) is 7.57. The van der Waals surface area contributed by atoms with E-state index in [0.29, 0.717) is 5.16 Å². The predicted octanol–water partition coefficient (Wildman–Crippen LogP) is 3.70. The summed E-state index contributed by atoms with van der Waals surface area (Å²) in [6, 6.07) is 2.79. The molecule has 1 aromatic heterocycles. The molecule has 1 aromatic carbocycles. The van der Waals surface area contributed by atoms with Crippen LogP contribution in [-0.2, 0) is 11.0 Å². The van der Waals surface area contributed by atoms with Crippen molar-refractivity contribution >= 4 is 35.0 Å². The molecule has 0 saturated heterocycles. The number of aromatic amines is 1. The number of nitrogens with one attached hydrogen (secondary N) is 2. The first-order chi connectivity index (χ1) is 12.2. The summed E-state index contributed by atoms with van der Waals surface area (Å²) in [4.78, 5) is 24.1. The minimum Gasteiger partial charge on any atom is -0.324 e. The van der Waals surface area contributed by atoms with Crippen molar-refractivity contribution in [1.29, 1.82) is 0 Å². The smallest absolute Gasteiger partial charge is 0.324 e. The molecular weight excluding hydrogens is 393 g/mol. The Labute approximate surface area is 155 Å². The minimum atomic E-state index is -4.54. The van der Waals surface area contributed by atoms with Crippen molar-refractivity contribution in [1.82, 2.24) is 14.8 Å². The zero-order valence-corrected chi connectivity index (χ0v) is 15.0. The molecular formula is C15H14ClF3N4O2S. The van der Waals surface area contributed by atoms with Gasteiger partial charge in [0.05, 0.1) is 21.5 Å². The summed E-state index contributed by atoms with van der Waals surface area (Å²) in [6.07, 6.45) is -2.80. The van der Waals surface area contributed by atoms with E-state index in [4.69, 9.17) is 11.6 Å². The Hall–Kier alpha value is -1.94. The number of carbonyl (C=O) groups excluding carboxylic acids is 1. The van der Waals surface area contributed by atoms with Crippen LogP contribution in [0.4, 0.5) is 18.9 Å². The Balaban J connectivity index is 1.73. The van der Waals surface area contributed by atoms with Crippen molar-refractivity contribution in [2.24, 2.45) is 0 Å². The summed E-state index contributed by atoms with van der Waals surface area (Å²) in [5.74, 6) is -0.547. The van der Waals surface area contributed by atoms with Gasteiger partial charge in [0.25, 0.3) is 0 Å². The van der Waals surface area contributed by atoms with E-state index in [9.17, 15) is 22.8 Å². The Morgan fingerprint density at radius 2 is 2.15 bits per heavy atom. The Morgan fingerprint density at radius 3 is 2.77 bits per heavy atom. The average Bonchev–Trinajstić information content (AvgIpc) is 3.32. The summed E-state index contributed by atoms with van der Waals surface area (Å²) >= 11 is 6.93. The monoisotopic (exact) mass is 406 g/mol. The summed E-state index contributed by atoms with van der Waals surface area (Å²) < 4.78 is 39.9. The van der Waals surface area contributed by atoms with Gasteiger partial charge in [0, 0.05) is 6.04 Å². The molecule has 0 unspecified atom stereocenters. The zero-order valence-electron chi connectivity index (χ0n) is 13.4. The molecule has 0 radical (unpaired) electrons. The van der Waals surface area contributed by atoms with E-state index in [-0.39, 0.29) is 22.4 Å². The van der Waals surface area contributed by atoms with E-state index in [2.05, 4.69) is 15.5 Å². The number of halogens is 4. The van der Waals surface area contributed by atoms with Crippen LogP contribution in [0.2, 0.25) is 5.02 Å². The lowest BCUT2D eigenvalue weighted by atomic mass is 10.2. The molecule has 1 aliphatic rings. The fourth-order valence-electron chi connectivity index (χ4n) is 2.27. The van der Waals surface area contributed by atoms with Crippen molar-refractivity contribution in [2.75, 3.05) is 5.32 Å². The van der Waals surface area contributed by atoms with Gasteiger partial charge in [-0.2, -0.15) is 13.2 Å². The predicted molar refractivity (Wildman–Crippen MR) is 91.5 cm³/mol. The third kappa shape index (κ3) is 4.07. The molecule has 26 heavy (non-hydrogen) atoms. The van der Waals surface area contributed by atoms with Crippen molar-refractivity contribution in [2.45, 2.75) is 42.4 Å². The summed E-state index contributed by atoms with van der Waals surface area (Å²) in [6.45, 7) is 1.57. The number of amides is 1. The molecule has 1 aliphatic carbocycles. The molecule has 0 bridgehead atoms. The lowest BCUT2D eigenvalue weighted by Crippen LogP contribution is -2.24. The molecule has 1 saturated carbocycles. The van der Waals surface area contributed by atoms with E-state index in [1.807, 2.05) is 0 Å². The number of carbonyl (C=O) groups is 1. The molecule has 1 amide bonds. The van der Waals surface area contributed by atoms with E-state index in [1.54, 1.807) is 6.92 Å². The highest BCUT2D eigenvalue weighted by atomic mass is 35.5. The summed E-state index contributed by atoms with van der Waals surface area (Å²) in [7, 11) is 0. The second-order valence-electron chi connectivity index (χ2n) is 5.85. The molecule has 1 fully saturated rings. The minimum absolute atomic E-state index is 0.00166. The first-order valence-corrected chi connectivity index (χ1v) is 8.93. The normalized spacial score (nSPS) is 15.7. The number of hydrogen-bond acceptors (Lipinski definition) is 4. The van der Waals surface area contributed by atoms with Crippen LogP contribution in [0.25, 0.3) is 0 Å². The zero-order chi connectivity index (χ0) is 19.1. The number of rotatable bonds is 5. The maximum atomic E-state index is 12.8. The maximum Gasteiger partial charge on any atom is 0.416 e. The van der Waals surface area contributed by atoms with Crippen LogP contribution in [0.15, 0.2) is 28.2 Å². The van der Waals surface area contributed by atoms with Crippen molar-refractivity contribution < 1.29 is 18.0 Å². The molecule has 6 nitrogen and oxygen atoms in total. The number of alkyl halides is 3. The van der Waals surface area contributed by atoms with E-state index in [1.165, 1.54) is 4.57 Å². The van der Waals surface area contributed by atoms with Crippen molar-refractivity contribution in [3.8, 4) is 0 Å². The van der Waals surface area contributed by atoms with Gasteiger partial charge in [0.2, 0.25) is 5.91 Å². The first kappa shape index (κ1) is 18.8. The Morgan fingerprint density at radius 1 is 1.46 bits per heavy atom. The average molecular weight is 407 g/mol. The molecule has 140 valence electrons. The van der Waals surface area contributed by atoms with Gasteiger partial charge in [0.15, 0.2) is 5.16 Å². The number of H-pyrrole nitrogens is 1. The number of benzene rings is 1. The van der Waals surface area contributed by atoms with Crippen LogP contribution >= 0.6 is 23.4 Å². The molecule has 2 N–H and O–H groups in total. The van der Waals surface area contributed by atoms with Gasteiger partial charge >= 0.3 is 11.9 Å². The molecule has 0 aliphatic heterocycles. The number of aromatic nitrogens is 3. The van der Waals surface area contributed by atoms with Crippen LogP contribution in [-0.4, -0.2) is 25.9 Å². The van der Waals surface area contributed by atoms with Gasteiger partial charge in [-0.25, -0.2) is 9.89 Å². The quantitative estimate of drug-likeness (QED) is 0.742. The molecule has 2 aromatic rings. The highest BCUT2D eigenvalue weighted by molar-refractivity contribution is 8.00. The van der Waals surface area contributed by atoms with Crippen LogP contribution in [0, 0.1) is 0 Å². The van der Waals surface area contributed by atoms with Crippen LogP contribution in [0.3, 0.4) is 0 Å². The number of anilines is 1. The van der Waals surface area contributed by atoms with Crippen molar-refractivity contribution in [3.63, 3.8) is 0 Å². The topological polar surface area (TPSA) is 79.8 Å². The Bertz CT molecular complexity index is 892. The van der Waals surface area contributed by atoms with E-state index >= 15 is 0 Å². The number of thioether (sulfide) groups is 1. The molecule has 1 atom stereocenters. The molecule has 11 heteroatoms. The summed E-state index contributed by atoms with van der Waals surface area (Å²) in [5, 5.41) is 8.31. The molecule has 3 rings (SSSR count). The lowest BCUT2D eigenvalue weighted by Gasteiger charge is -2.14. The number of nitrogens with zero attached hydrogens (tertiary/aromatic N) is 2. The second kappa shape index (κ2) is 6.99. The molecule has 0 spiro atoms. The standard InChI is InChI=1S/C15H14ClF3N4O2S/c1-7(26-14-22-21-13(25)23(14)9-3-4-9)12(24)20-11-6-8(15(17,18)19)2-5-10(11)16/h2,5-7,9H,3-4H2,1H3,(H,20,24)(H,21,25)/t7-/m1/s1. The fraction of sp³-hybridized carbons (Fsp3) is 0.400. The third-order valence-corrected chi connectivity index (χ3v) is 5.18. The van der Waals surface area contributed by atoms with Crippen LogP contribution < -0.4 is 11.0 Å². The summed E-state index contributed by atoms with van der Waals surface area (Å²) in [5.41, 5.74) is -1.38. The van der Waals surface area contributed by atoms with E-state index < -0.39 is 22.9 Å². The van der Waals surface area contributed by atoms with Gasteiger partial charge in [-0.05, 0) is 38.0 Å². The van der Waals surface area contributed by atoms with Crippen LogP contribution in [0.5, 0.6) is 0 Å². The van der Waals surface area contributed by atoms with Gasteiger partial charge in [-0.1, -0.05) is 23.4 Å². The number of hydrogen-bond donors (Lipinski definition) is 2. The van der Waals surface area contributed by atoms with Crippen molar-refractivity contribution in [3.05, 3.63) is 39.3 Å². The highest BCUT2D eigenvalue weighted by Gasteiger charge is 2.32. The largest absolute Gasteiger partial charge is 0.416 e. The van der Waals surface area contributed by atoms with Crippen LogP contribution in [0.1, 0.15) is 31.4 Å². The third-order valence-electron chi connectivity index (χ3n) is 3.79. The van der Waals surface area contributed by atoms with E-state index in [0.717, 1.165) is 42.8 Å². The first-order valence-electron chi connectivity index (χ1n) is 7.68. The van der Waals surface area contributed by atoms with Gasteiger partial charge in [0.1, 0.15) is 0 Å². The molecule has 1 heterocycles. The maximum absolute atomic E-state index is 12.8. The fourth-order valence-corrected chi connectivity index (χ4v) is 3.36. The lowest BCUT2D eigenvalue weighted by molar-refractivity contribution is -0.137.